The van der Waals surface area contributed by atoms with Crippen LogP contribution in [0, 0.1) is 6.92 Å². The molecular weight excluding hydrogens is 304 g/mol. The highest BCUT2D eigenvalue weighted by Crippen LogP contribution is 2.31. The van der Waals surface area contributed by atoms with Crippen molar-refractivity contribution in [3.8, 4) is 0 Å². The van der Waals surface area contributed by atoms with E-state index < -0.39 is 0 Å². The van der Waals surface area contributed by atoms with E-state index in [0.29, 0.717) is 17.4 Å². The first-order chi connectivity index (χ1) is 11.6. The number of aromatic nitrogens is 5. The minimum absolute atomic E-state index is 0.0226. The zero-order valence-corrected chi connectivity index (χ0v) is 13.9. The van der Waals surface area contributed by atoms with Gasteiger partial charge >= 0.3 is 0 Å². The molecule has 1 aliphatic carbocycles. The Kier molecular flexibility index (Phi) is 3.55. The number of rotatable bonds is 3. The van der Waals surface area contributed by atoms with Gasteiger partial charge in [0.2, 0.25) is 5.95 Å². The van der Waals surface area contributed by atoms with Crippen molar-refractivity contribution >= 4 is 22.8 Å². The summed E-state index contributed by atoms with van der Waals surface area (Å²) in [6.45, 7) is 1.93. The number of anilines is 2. The number of aryl methyl sites for hydroxylation is 2. The maximum absolute atomic E-state index is 12.6. The summed E-state index contributed by atoms with van der Waals surface area (Å²) in [6.07, 6.45) is 8.03. The molecule has 7 nitrogen and oxygen atoms in total. The summed E-state index contributed by atoms with van der Waals surface area (Å²) in [7, 11) is 1.85. The zero-order valence-electron chi connectivity index (χ0n) is 13.9. The molecule has 0 amide bonds. The van der Waals surface area contributed by atoms with Crippen LogP contribution in [-0.4, -0.2) is 24.3 Å². The molecule has 0 spiro atoms. The molecule has 3 aromatic heterocycles. The summed E-state index contributed by atoms with van der Waals surface area (Å²) in [5.41, 5.74) is 1.64. The molecule has 7 heteroatoms. The largest absolute Gasteiger partial charge is 0.307 e. The molecule has 0 bridgehead atoms. The van der Waals surface area contributed by atoms with Crippen LogP contribution in [0.4, 0.5) is 11.8 Å². The second-order valence-corrected chi connectivity index (χ2v) is 6.40. The summed E-state index contributed by atoms with van der Waals surface area (Å²) >= 11 is 0. The van der Waals surface area contributed by atoms with E-state index >= 15 is 0 Å². The van der Waals surface area contributed by atoms with Gasteiger partial charge in [-0.1, -0.05) is 12.8 Å². The van der Waals surface area contributed by atoms with Gasteiger partial charge in [0.1, 0.15) is 5.65 Å². The first-order valence-electron chi connectivity index (χ1n) is 8.27. The predicted octanol–water partition coefficient (Wildman–Crippen LogP) is 2.69. The van der Waals surface area contributed by atoms with E-state index in [1.807, 2.05) is 30.8 Å². The van der Waals surface area contributed by atoms with Crippen LogP contribution in [0.3, 0.4) is 0 Å². The van der Waals surface area contributed by atoms with Crippen LogP contribution < -0.4 is 10.9 Å². The third-order valence-corrected chi connectivity index (χ3v) is 4.64. The van der Waals surface area contributed by atoms with E-state index in [2.05, 4.69) is 20.4 Å². The van der Waals surface area contributed by atoms with Crippen molar-refractivity contribution in [3.63, 3.8) is 0 Å². The van der Waals surface area contributed by atoms with Gasteiger partial charge in [0.05, 0.1) is 0 Å². The SMILES string of the molecule is Cc1cc(=O)n(C2CCCC2)c2nc(Nc3ccn(C)n3)ncc12. The molecule has 124 valence electrons. The summed E-state index contributed by atoms with van der Waals surface area (Å²) in [5, 5.41) is 8.31. The van der Waals surface area contributed by atoms with Crippen molar-refractivity contribution in [1.29, 1.82) is 0 Å². The van der Waals surface area contributed by atoms with E-state index in [0.717, 1.165) is 36.6 Å². The van der Waals surface area contributed by atoms with Crippen LogP contribution in [0.2, 0.25) is 0 Å². The Morgan fingerprint density at radius 3 is 2.79 bits per heavy atom. The quantitative estimate of drug-likeness (QED) is 0.801. The predicted molar refractivity (Wildman–Crippen MR) is 92.5 cm³/mol. The van der Waals surface area contributed by atoms with Crippen molar-refractivity contribution in [2.45, 2.75) is 38.6 Å². The van der Waals surface area contributed by atoms with Gasteiger partial charge in [-0.25, -0.2) is 4.98 Å². The van der Waals surface area contributed by atoms with Gasteiger partial charge in [-0.05, 0) is 25.3 Å². The summed E-state index contributed by atoms with van der Waals surface area (Å²) in [5.74, 6) is 1.14. The molecule has 3 aromatic rings. The van der Waals surface area contributed by atoms with Crippen LogP contribution in [0.15, 0.2) is 29.3 Å². The van der Waals surface area contributed by atoms with Gasteiger partial charge in [-0.15, -0.1) is 0 Å². The third kappa shape index (κ3) is 2.55. The van der Waals surface area contributed by atoms with E-state index in [9.17, 15) is 4.79 Å². The van der Waals surface area contributed by atoms with Crippen molar-refractivity contribution in [3.05, 3.63) is 40.4 Å². The highest BCUT2D eigenvalue weighted by atomic mass is 16.1. The van der Waals surface area contributed by atoms with Crippen molar-refractivity contribution < 1.29 is 0 Å². The summed E-state index contributed by atoms with van der Waals surface area (Å²) < 4.78 is 3.56. The third-order valence-electron chi connectivity index (χ3n) is 4.64. The fourth-order valence-corrected chi connectivity index (χ4v) is 3.44. The van der Waals surface area contributed by atoms with Crippen LogP contribution in [-0.2, 0) is 7.05 Å². The van der Waals surface area contributed by atoms with E-state index in [-0.39, 0.29) is 11.6 Å². The smallest absolute Gasteiger partial charge is 0.252 e. The number of fused-ring (bicyclic) bond motifs is 1. The Bertz CT molecular complexity index is 951. The maximum atomic E-state index is 12.6. The second-order valence-electron chi connectivity index (χ2n) is 6.40. The average molecular weight is 324 g/mol. The molecule has 0 aromatic carbocycles. The van der Waals surface area contributed by atoms with Gasteiger partial charge in [-0.3, -0.25) is 14.0 Å². The minimum atomic E-state index is 0.0226. The average Bonchev–Trinajstić information content (AvgIpc) is 3.19. The Balaban J connectivity index is 1.84. The van der Waals surface area contributed by atoms with E-state index in [1.165, 1.54) is 0 Å². The van der Waals surface area contributed by atoms with E-state index in [1.54, 1.807) is 16.9 Å². The highest BCUT2D eigenvalue weighted by Gasteiger charge is 2.21. The Hall–Kier alpha value is -2.70. The lowest BCUT2D eigenvalue weighted by atomic mass is 10.1. The number of hydrogen-bond acceptors (Lipinski definition) is 5. The van der Waals surface area contributed by atoms with Gasteiger partial charge in [0.15, 0.2) is 5.82 Å². The van der Waals surface area contributed by atoms with Gasteiger partial charge < -0.3 is 5.32 Å². The maximum Gasteiger partial charge on any atom is 0.252 e. The Labute approximate surface area is 139 Å². The molecule has 0 atom stereocenters. The molecule has 1 saturated carbocycles. The molecule has 0 saturated heterocycles. The van der Waals surface area contributed by atoms with Crippen molar-refractivity contribution in [2.75, 3.05) is 5.32 Å². The highest BCUT2D eigenvalue weighted by molar-refractivity contribution is 5.79. The second kappa shape index (κ2) is 5.74. The summed E-state index contributed by atoms with van der Waals surface area (Å²) in [4.78, 5) is 21.6. The molecule has 3 heterocycles. The summed E-state index contributed by atoms with van der Waals surface area (Å²) in [6, 6.07) is 3.78. The Morgan fingerprint density at radius 1 is 1.29 bits per heavy atom. The van der Waals surface area contributed by atoms with Gasteiger partial charge in [0.25, 0.3) is 5.56 Å². The molecule has 1 fully saturated rings. The standard InChI is InChI=1S/C17H20N6O/c1-11-9-15(24)23(12-5-3-4-6-12)16-13(11)10-18-17(20-16)19-14-7-8-22(2)21-14/h7-10,12H,3-6H2,1-2H3,(H,18,19,20,21). The molecule has 1 aliphatic rings. The molecule has 0 aliphatic heterocycles. The molecule has 24 heavy (non-hydrogen) atoms. The van der Waals surface area contributed by atoms with Crippen molar-refractivity contribution in [2.24, 2.45) is 7.05 Å². The number of nitrogens with zero attached hydrogens (tertiary/aromatic N) is 5. The fourth-order valence-electron chi connectivity index (χ4n) is 3.44. The van der Waals surface area contributed by atoms with Crippen LogP contribution in [0.25, 0.3) is 11.0 Å². The normalized spacial score (nSPS) is 15.2. The lowest BCUT2D eigenvalue weighted by Gasteiger charge is -2.17. The first kappa shape index (κ1) is 14.9. The molecule has 0 radical (unpaired) electrons. The molecular formula is C17H20N6O. The van der Waals surface area contributed by atoms with Crippen LogP contribution in [0.1, 0.15) is 37.3 Å². The molecule has 0 unspecified atom stereocenters. The fraction of sp³-hybridized carbons (Fsp3) is 0.412. The van der Waals surface area contributed by atoms with Crippen LogP contribution in [0.5, 0.6) is 0 Å². The zero-order chi connectivity index (χ0) is 16.7. The lowest BCUT2D eigenvalue weighted by Crippen LogP contribution is -2.24. The first-order valence-corrected chi connectivity index (χ1v) is 8.27. The number of hydrogen-bond donors (Lipinski definition) is 1. The van der Waals surface area contributed by atoms with Gasteiger partial charge in [-0.2, -0.15) is 10.1 Å². The molecule has 4 rings (SSSR count). The topological polar surface area (TPSA) is 77.6 Å². The minimum Gasteiger partial charge on any atom is -0.307 e. The lowest BCUT2D eigenvalue weighted by molar-refractivity contribution is 0.515. The monoisotopic (exact) mass is 324 g/mol. The van der Waals surface area contributed by atoms with Crippen molar-refractivity contribution in [1.82, 2.24) is 24.3 Å². The number of pyridine rings is 1. The number of nitrogens with one attached hydrogen (secondary N) is 1. The van der Waals surface area contributed by atoms with Gasteiger partial charge in [0, 0.05) is 43.0 Å². The molecule has 1 N–H and O–H groups in total. The van der Waals surface area contributed by atoms with Crippen LogP contribution >= 0.6 is 0 Å². The van der Waals surface area contributed by atoms with E-state index in [4.69, 9.17) is 0 Å². The Morgan fingerprint density at radius 2 is 2.08 bits per heavy atom.